The molecule has 6 heteroatoms. The molecule has 0 fully saturated rings. The van der Waals surface area contributed by atoms with Crippen molar-refractivity contribution in [2.75, 3.05) is 6.54 Å². The Morgan fingerprint density at radius 3 is 2.47 bits per heavy atom. The average Bonchev–Trinajstić information content (AvgIpc) is 2.51. The summed E-state index contributed by atoms with van der Waals surface area (Å²) in [6.45, 7) is 5.32. The largest absolute Gasteiger partial charge is 0.449 e. The smallest absolute Gasteiger partial charge is 0.274 e. The summed E-state index contributed by atoms with van der Waals surface area (Å²) in [5.41, 5.74) is 4.76. The van der Waals surface area contributed by atoms with Crippen molar-refractivity contribution in [3.05, 3.63) is 17.9 Å². The molecule has 0 saturated carbocycles. The average molecular weight is 232 g/mol. The Kier molecular flexibility index (Phi) is 3.22. The molecule has 0 saturated heterocycles. The highest BCUT2D eigenvalue weighted by Crippen LogP contribution is 2.15. The van der Waals surface area contributed by atoms with Crippen LogP contribution in [-0.2, 0) is 10.0 Å². The maximum atomic E-state index is 11.8. The zero-order valence-electron chi connectivity index (χ0n) is 9.07. The van der Waals surface area contributed by atoms with Gasteiger partial charge in [-0.25, -0.2) is 13.1 Å². The van der Waals surface area contributed by atoms with E-state index in [1.54, 1.807) is 26.8 Å². The fourth-order valence-electron chi connectivity index (χ4n) is 1.01. The molecule has 0 spiro atoms. The van der Waals surface area contributed by atoms with Crippen LogP contribution >= 0.6 is 0 Å². The highest BCUT2D eigenvalue weighted by molar-refractivity contribution is 7.89. The van der Waals surface area contributed by atoms with Crippen LogP contribution in [-0.4, -0.2) is 20.5 Å². The fourth-order valence-corrected chi connectivity index (χ4v) is 2.41. The van der Waals surface area contributed by atoms with Crippen molar-refractivity contribution in [1.29, 1.82) is 0 Å². The Labute approximate surface area is 89.7 Å². The molecule has 15 heavy (non-hydrogen) atoms. The minimum absolute atomic E-state index is 0.0819. The van der Waals surface area contributed by atoms with E-state index < -0.39 is 15.6 Å². The molecule has 1 rings (SSSR count). The highest BCUT2D eigenvalue weighted by atomic mass is 32.2. The topological polar surface area (TPSA) is 85.3 Å². The van der Waals surface area contributed by atoms with Gasteiger partial charge in [-0.15, -0.1) is 0 Å². The highest BCUT2D eigenvalue weighted by Gasteiger charge is 2.26. The van der Waals surface area contributed by atoms with Crippen LogP contribution in [0.3, 0.4) is 0 Å². The maximum absolute atomic E-state index is 11.8. The second-order valence-corrected chi connectivity index (χ2v) is 5.67. The van der Waals surface area contributed by atoms with Crippen LogP contribution in [0.1, 0.15) is 19.6 Å². The van der Waals surface area contributed by atoms with Gasteiger partial charge in [0.25, 0.3) is 10.0 Å². The number of sulfonamides is 1. The van der Waals surface area contributed by atoms with Gasteiger partial charge in [-0.05, 0) is 32.9 Å². The fraction of sp³-hybridized carbons (Fsp3) is 0.556. The van der Waals surface area contributed by atoms with Crippen molar-refractivity contribution in [1.82, 2.24) is 4.72 Å². The van der Waals surface area contributed by atoms with E-state index in [2.05, 4.69) is 4.72 Å². The predicted octanol–water partition coefficient (Wildman–Crippen LogP) is 0.604. The summed E-state index contributed by atoms with van der Waals surface area (Å²) in [4.78, 5) is 0. The van der Waals surface area contributed by atoms with E-state index in [0.29, 0.717) is 5.76 Å². The van der Waals surface area contributed by atoms with Crippen LogP contribution in [0.2, 0.25) is 0 Å². The lowest BCUT2D eigenvalue weighted by Crippen LogP contribution is -2.48. The maximum Gasteiger partial charge on any atom is 0.274 e. The van der Waals surface area contributed by atoms with Crippen LogP contribution in [0.15, 0.2) is 21.6 Å². The number of aryl methyl sites for hydroxylation is 1. The molecule has 1 heterocycles. The van der Waals surface area contributed by atoms with Crippen LogP contribution < -0.4 is 10.5 Å². The lowest BCUT2D eigenvalue weighted by molar-refractivity contribution is 0.408. The van der Waals surface area contributed by atoms with Crippen molar-refractivity contribution in [3.63, 3.8) is 0 Å². The molecule has 0 aliphatic heterocycles. The Morgan fingerprint density at radius 2 is 2.07 bits per heavy atom. The van der Waals surface area contributed by atoms with Gasteiger partial charge in [0.15, 0.2) is 0 Å². The monoisotopic (exact) mass is 232 g/mol. The van der Waals surface area contributed by atoms with E-state index >= 15 is 0 Å². The van der Waals surface area contributed by atoms with E-state index in [1.165, 1.54) is 6.07 Å². The molecule has 0 unspecified atom stereocenters. The normalized spacial score (nSPS) is 13.1. The first-order valence-corrected chi connectivity index (χ1v) is 6.06. The van der Waals surface area contributed by atoms with Crippen LogP contribution in [0.25, 0.3) is 0 Å². The standard InChI is InChI=1S/C9H16N2O3S/c1-7-4-5-8(14-7)15(12,13)11-9(2,3)6-10/h4-5,11H,6,10H2,1-3H3. The van der Waals surface area contributed by atoms with E-state index in [4.69, 9.17) is 10.2 Å². The molecule has 0 aliphatic rings. The summed E-state index contributed by atoms with van der Waals surface area (Å²) in [6, 6.07) is 3.02. The second kappa shape index (κ2) is 3.96. The molecule has 3 N–H and O–H groups in total. The molecular formula is C9H16N2O3S. The Hall–Kier alpha value is -0.850. The first-order valence-electron chi connectivity index (χ1n) is 4.57. The SMILES string of the molecule is Cc1ccc(S(=O)(=O)NC(C)(C)CN)o1. The molecular weight excluding hydrogens is 216 g/mol. The van der Waals surface area contributed by atoms with Crippen molar-refractivity contribution < 1.29 is 12.8 Å². The summed E-state index contributed by atoms with van der Waals surface area (Å²) in [7, 11) is -3.61. The van der Waals surface area contributed by atoms with Crippen LogP contribution in [0.5, 0.6) is 0 Å². The molecule has 0 aromatic carbocycles. The first kappa shape index (κ1) is 12.2. The first-order chi connectivity index (χ1) is 6.77. The number of furan rings is 1. The summed E-state index contributed by atoms with van der Waals surface area (Å²) in [5.74, 6) is 0.556. The summed E-state index contributed by atoms with van der Waals surface area (Å²) in [5, 5.41) is -0.0819. The summed E-state index contributed by atoms with van der Waals surface area (Å²) >= 11 is 0. The molecule has 0 bridgehead atoms. The second-order valence-electron chi connectivity index (χ2n) is 4.06. The Balaban J connectivity index is 2.95. The minimum atomic E-state index is -3.61. The van der Waals surface area contributed by atoms with E-state index in [1.807, 2.05) is 0 Å². The van der Waals surface area contributed by atoms with E-state index in [-0.39, 0.29) is 11.6 Å². The third-order valence-electron chi connectivity index (χ3n) is 1.90. The summed E-state index contributed by atoms with van der Waals surface area (Å²) in [6.07, 6.45) is 0. The third-order valence-corrected chi connectivity index (χ3v) is 3.47. The van der Waals surface area contributed by atoms with Gasteiger partial charge < -0.3 is 10.2 Å². The zero-order valence-corrected chi connectivity index (χ0v) is 9.89. The van der Waals surface area contributed by atoms with E-state index in [0.717, 1.165) is 0 Å². The molecule has 0 radical (unpaired) electrons. The van der Waals surface area contributed by atoms with Crippen molar-refractivity contribution >= 4 is 10.0 Å². The summed E-state index contributed by atoms with van der Waals surface area (Å²) < 4.78 is 31.0. The number of hydrogen-bond donors (Lipinski definition) is 2. The van der Waals surface area contributed by atoms with Gasteiger partial charge in [0.05, 0.1) is 0 Å². The number of nitrogens with one attached hydrogen (secondary N) is 1. The van der Waals surface area contributed by atoms with E-state index in [9.17, 15) is 8.42 Å². The molecule has 5 nitrogen and oxygen atoms in total. The van der Waals surface area contributed by atoms with Gasteiger partial charge in [0.2, 0.25) is 5.09 Å². The molecule has 0 amide bonds. The molecule has 1 aromatic heterocycles. The van der Waals surface area contributed by atoms with Gasteiger partial charge in [-0.1, -0.05) is 0 Å². The van der Waals surface area contributed by atoms with Gasteiger partial charge in [-0.3, -0.25) is 0 Å². The Bertz CT molecular complexity index is 434. The zero-order chi connectivity index (χ0) is 11.7. The number of hydrogen-bond acceptors (Lipinski definition) is 4. The number of rotatable bonds is 4. The van der Waals surface area contributed by atoms with Crippen LogP contribution in [0, 0.1) is 6.92 Å². The van der Waals surface area contributed by atoms with Crippen molar-refractivity contribution in [3.8, 4) is 0 Å². The number of nitrogens with two attached hydrogens (primary N) is 1. The van der Waals surface area contributed by atoms with Gasteiger partial charge in [0.1, 0.15) is 5.76 Å². The van der Waals surface area contributed by atoms with Gasteiger partial charge >= 0.3 is 0 Å². The Morgan fingerprint density at radius 1 is 1.47 bits per heavy atom. The predicted molar refractivity (Wildman–Crippen MR) is 56.9 cm³/mol. The molecule has 1 aromatic rings. The quantitative estimate of drug-likeness (QED) is 0.796. The third kappa shape index (κ3) is 3.05. The van der Waals surface area contributed by atoms with Crippen LogP contribution in [0.4, 0.5) is 0 Å². The van der Waals surface area contributed by atoms with Crippen molar-refractivity contribution in [2.24, 2.45) is 5.73 Å². The van der Waals surface area contributed by atoms with Crippen molar-refractivity contribution in [2.45, 2.75) is 31.4 Å². The molecule has 0 aliphatic carbocycles. The molecule has 0 atom stereocenters. The lowest BCUT2D eigenvalue weighted by atomic mass is 10.1. The van der Waals surface area contributed by atoms with Gasteiger partial charge in [-0.2, -0.15) is 0 Å². The molecule has 86 valence electrons. The lowest BCUT2D eigenvalue weighted by Gasteiger charge is -2.22. The van der Waals surface area contributed by atoms with Gasteiger partial charge in [0, 0.05) is 12.1 Å². The minimum Gasteiger partial charge on any atom is -0.449 e.